The SMILES string of the molecule is Cc1c(S(=O)(=O)n2cc(C3=CCN(C)CC3)c3ccccc32)cnn1-c1ccccc1. The molecule has 0 atom stereocenters. The highest BCUT2D eigenvalue weighted by Gasteiger charge is 2.27. The zero-order valence-electron chi connectivity index (χ0n) is 17.6. The van der Waals surface area contributed by atoms with Crippen LogP contribution in [0.4, 0.5) is 0 Å². The molecule has 0 saturated carbocycles. The zero-order chi connectivity index (χ0) is 21.6. The molecule has 0 fully saturated rings. The minimum absolute atomic E-state index is 0.209. The van der Waals surface area contributed by atoms with Crippen LogP contribution in [0.15, 0.2) is 78.0 Å². The summed E-state index contributed by atoms with van der Waals surface area (Å²) in [4.78, 5) is 2.46. The molecular formula is C24H24N4O2S. The first-order valence-corrected chi connectivity index (χ1v) is 11.7. The summed E-state index contributed by atoms with van der Waals surface area (Å²) >= 11 is 0. The number of para-hydroxylation sites is 2. The summed E-state index contributed by atoms with van der Waals surface area (Å²) in [5, 5.41) is 5.32. The fourth-order valence-corrected chi connectivity index (χ4v) is 5.72. The van der Waals surface area contributed by atoms with Gasteiger partial charge in [0, 0.05) is 30.2 Å². The van der Waals surface area contributed by atoms with Crippen LogP contribution in [0.25, 0.3) is 22.2 Å². The van der Waals surface area contributed by atoms with Crippen molar-refractivity contribution < 1.29 is 8.42 Å². The average Bonchev–Trinajstić information content (AvgIpc) is 3.37. The van der Waals surface area contributed by atoms with Crippen molar-refractivity contribution in [2.24, 2.45) is 0 Å². The lowest BCUT2D eigenvalue weighted by atomic mass is 9.99. The van der Waals surface area contributed by atoms with Crippen molar-refractivity contribution in [2.75, 3.05) is 20.1 Å². The van der Waals surface area contributed by atoms with E-state index in [4.69, 9.17) is 0 Å². The molecule has 7 heteroatoms. The highest BCUT2D eigenvalue weighted by atomic mass is 32.2. The summed E-state index contributed by atoms with van der Waals surface area (Å²) in [5.74, 6) is 0. The van der Waals surface area contributed by atoms with Gasteiger partial charge >= 0.3 is 0 Å². The molecule has 0 amide bonds. The quantitative estimate of drug-likeness (QED) is 0.487. The first-order chi connectivity index (χ1) is 15.0. The third kappa shape index (κ3) is 3.30. The fraction of sp³-hybridized carbons (Fsp3) is 0.208. The number of rotatable bonds is 4. The Morgan fingerprint density at radius 2 is 1.74 bits per heavy atom. The maximum atomic E-state index is 13.7. The van der Waals surface area contributed by atoms with Crippen LogP contribution in [0, 0.1) is 6.92 Å². The normalized spacial score (nSPS) is 15.4. The molecule has 0 spiro atoms. The Hall–Kier alpha value is -3.16. The van der Waals surface area contributed by atoms with Gasteiger partial charge in [0.05, 0.1) is 23.1 Å². The van der Waals surface area contributed by atoms with Crippen LogP contribution in [0.5, 0.6) is 0 Å². The second kappa shape index (κ2) is 7.51. The summed E-state index contributed by atoms with van der Waals surface area (Å²) in [7, 11) is -1.72. The average molecular weight is 433 g/mol. The number of fused-ring (bicyclic) bond motifs is 1. The highest BCUT2D eigenvalue weighted by molar-refractivity contribution is 7.90. The van der Waals surface area contributed by atoms with Gasteiger partial charge in [-0.05, 0) is 44.2 Å². The van der Waals surface area contributed by atoms with Gasteiger partial charge in [-0.1, -0.05) is 42.5 Å². The van der Waals surface area contributed by atoms with Gasteiger partial charge in [-0.2, -0.15) is 5.10 Å². The van der Waals surface area contributed by atoms with E-state index >= 15 is 0 Å². The highest BCUT2D eigenvalue weighted by Crippen LogP contribution is 2.33. The topological polar surface area (TPSA) is 60.1 Å². The van der Waals surface area contributed by atoms with Crippen LogP contribution >= 0.6 is 0 Å². The molecule has 0 radical (unpaired) electrons. The molecule has 158 valence electrons. The summed E-state index contributed by atoms with van der Waals surface area (Å²) in [6.07, 6.45) is 6.31. The van der Waals surface area contributed by atoms with Crippen molar-refractivity contribution in [1.82, 2.24) is 18.7 Å². The van der Waals surface area contributed by atoms with Crippen molar-refractivity contribution in [3.8, 4) is 5.69 Å². The predicted octanol–water partition coefficient (Wildman–Crippen LogP) is 4.09. The molecule has 1 aliphatic heterocycles. The van der Waals surface area contributed by atoms with Gasteiger partial charge < -0.3 is 4.90 Å². The van der Waals surface area contributed by atoms with E-state index in [1.165, 1.54) is 15.7 Å². The standard InChI is InChI=1S/C24H24N4O2S/c1-18-24(16-25-28(18)20-8-4-3-5-9-20)31(29,30)27-17-22(19-12-14-26(2)15-13-19)21-10-6-7-11-23(21)27/h3-12,16-17H,13-15H2,1-2H3. The smallest absolute Gasteiger partial charge is 0.271 e. The lowest BCUT2D eigenvalue weighted by Crippen LogP contribution is -2.23. The van der Waals surface area contributed by atoms with Gasteiger partial charge in [-0.15, -0.1) is 0 Å². The molecule has 0 N–H and O–H groups in total. The van der Waals surface area contributed by atoms with Gasteiger partial charge in [-0.25, -0.2) is 17.1 Å². The Balaban J connectivity index is 1.66. The predicted molar refractivity (Wildman–Crippen MR) is 123 cm³/mol. The largest absolute Gasteiger partial charge is 0.302 e. The Labute approximate surface area is 182 Å². The first kappa shape index (κ1) is 19.8. The van der Waals surface area contributed by atoms with Crippen LogP contribution in [-0.4, -0.2) is 47.2 Å². The van der Waals surface area contributed by atoms with E-state index in [1.807, 2.05) is 54.6 Å². The zero-order valence-corrected chi connectivity index (χ0v) is 18.4. The lowest BCUT2D eigenvalue weighted by Gasteiger charge is -2.21. The number of aromatic nitrogens is 3. The van der Waals surface area contributed by atoms with Crippen LogP contribution in [0.1, 0.15) is 17.7 Å². The van der Waals surface area contributed by atoms with Crippen molar-refractivity contribution in [2.45, 2.75) is 18.2 Å². The number of hydrogen-bond donors (Lipinski definition) is 0. The molecular weight excluding hydrogens is 408 g/mol. The molecule has 2 aromatic carbocycles. The molecule has 0 aliphatic carbocycles. The summed E-state index contributed by atoms with van der Waals surface area (Å²) < 4.78 is 30.6. The maximum Gasteiger partial charge on any atom is 0.271 e. The van der Waals surface area contributed by atoms with Crippen molar-refractivity contribution in [1.29, 1.82) is 0 Å². The number of nitrogens with zero attached hydrogens (tertiary/aromatic N) is 4. The molecule has 5 rings (SSSR count). The number of hydrogen-bond acceptors (Lipinski definition) is 4. The monoisotopic (exact) mass is 432 g/mol. The third-order valence-corrected chi connectivity index (χ3v) is 7.72. The van der Waals surface area contributed by atoms with Crippen molar-refractivity contribution in [3.63, 3.8) is 0 Å². The second-order valence-electron chi connectivity index (χ2n) is 7.94. The minimum Gasteiger partial charge on any atom is -0.302 e. The van der Waals surface area contributed by atoms with E-state index in [9.17, 15) is 8.42 Å². The van der Waals surface area contributed by atoms with E-state index in [-0.39, 0.29) is 4.90 Å². The van der Waals surface area contributed by atoms with Crippen LogP contribution in [0.2, 0.25) is 0 Å². The van der Waals surface area contributed by atoms with Gasteiger partial charge in [0.15, 0.2) is 0 Å². The summed E-state index contributed by atoms with van der Waals surface area (Å²) in [6.45, 7) is 3.62. The molecule has 0 bridgehead atoms. The molecule has 0 saturated heterocycles. The lowest BCUT2D eigenvalue weighted by molar-refractivity contribution is 0.370. The molecule has 31 heavy (non-hydrogen) atoms. The number of benzene rings is 2. The van der Waals surface area contributed by atoms with Gasteiger partial charge in [-0.3, -0.25) is 0 Å². The minimum atomic E-state index is -3.82. The molecule has 6 nitrogen and oxygen atoms in total. The van der Waals surface area contributed by atoms with Crippen molar-refractivity contribution in [3.05, 3.63) is 84.3 Å². The van der Waals surface area contributed by atoms with Crippen LogP contribution in [0.3, 0.4) is 0 Å². The second-order valence-corrected chi connectivity index (χ2v) is 9.73. The molecule has 3 heterocycles. The Bertz CT molecular complexity index is 1400. The first-order valence-electron chi connectivity index (χ1n) is 10.3. The summed E-state index contributed by atoms with van der Waals surface area (Å²) in [6, 6.07) is 17.2. The van der Waals surface area contributed by atoms with Crippen molar-refractivity contribution >= 4 is 26.5 Å². The van der Waals surface area contributed by atoms with Gasteiger partial charge in [0.2, 0.25) is 0 Å². The number of likely N-dealkylation sites (N-methyl/N-ethyl adjacent to an activating group) is 1. The Morgan fingerprint density at radius 3 is 2.48 bits per heavy atom. The van der Waals surface area contributed by atoms with Gasteiger partial charge in [0.25, 0.3) is 10.0 Å². The Morgan fingerprint density at radius 1 is 1.00 bits per heavy atom. The van der Waals surface area contributed by atoms with E-state index < -0.39 is 10.0 Å². The van der Waals surface area contributed by atoms with E-state index in [2.05, 4.69) is 23.1 Å². The van der Waals surface area contributed by atoms with E-state index in [0.717, 1.165) is 36.1 Å². The van der Waals surface area contributed by atoms with Gasteiger partial charge in [0.1, 0.15) is 4.90 Å². The molecule has 2 aromatic heterocycles. The maximum absolute atomic E-state index is 13.7. The van der Waals surface area contributed by atoms with E-state index in [0.29, 0.717) is 11.2 Å². The Kier molecular flexibility index (Phi) is 4.79. The molecule has 4 aromatic rings. The van der Waals surface area contributed by atoms with E-state index in [1.54, 1.807) is 17.8 Å². The third-order valence-electron chi connectivity index (χ3n) is 5.94. The fourth-order valence-electron chi connectivity index (χ4n) is 4.20. The van der Waals surface area contributed by atoms with Crippen LogP contribution < -0.4 is 0 Å². The molecule has 0 unspecified atom stereocenters. The molecule has 1 aliphatic rings. The summed E-state index contributed by atoms with van der Waals surface area (Å²) in [5.41, 5.74) is 4.28. The van der Waals surface area contributed by atoms with Crippen LogP contribution in [-0.2, 0) is 10.0 Å².